The predicted molar refractivity (Wildman–Crippen MR) is 96.9 cm³/mol. The molecule has 0 saturated carbocycles. The molecule has 0 heterocycles. The Morgan fingerprint density at radius 2 is 1.69 bits per heavy atom. The molecule has 26 heavy (non-hydrogen) atoms. The predicted octanol–water partition coefficient (Wildman–Crippen LogP) is 0.613. The Hall–Kier alpha value is -1.97. The van der Waals surface area contributed by atoms with Crippen LogP contribution in [0.2, 0.25) is 0 Å². The second-order valence-electron chi connectivity index (χ2n) is 5.91. The molecule has 0 aromatic heterocycles. The zero-order chi connectivity index (χ0) is 19.9. The number of imide groups is 1. The number of sulfonamides is 1. The van der Waals surface area contributed by atoms with Crippen LogP contribution in [-0.4, -0.2) is 51.0 Å². The number of quaternary nitrogens is 1. The van der Waals surface area contributed by atoms with Crippen LogP contribution in [0.15, 0.2) is 29.2 Å². The van der Waals surface area contributed by atoms with Crippen molar-refractivity contribution in [3.8, 4) is 0 Å². The van der Waals surface area contributed by atoms with Crippen molar-refractivity contribution in [1.29, 1.82) is 0 Å². The van der Waals surface area contributed by atoms with Crippen molar-refractivity contribution in [3.63, 3.8) is 0 Å². The van der Waals surface area contributed by atoms with Gasteiger partial charge in [0.1, 0.15) is 6.04 Å². The van der Waals surface area contributed by atoms with Gasteiger partial charge in [-0.3, -0.25) is 10.1 Å². The highest BCUT2D eigenvalue weighted by molar-refractivity contribution is 7.89. The van der Waals surface area contributed by atoms with Crippen LogP contribution in [0.1, 0.15) is 39.3 Å². The summed E-state index contributed by atoms with van der Waals surface area (Å²) in [5.74, 6) is -0.454. The molecule has 1 rings (SSSR count). The summed E-state index contributed by atoms with van der Waals surface area (Å²) in [5, 5.41) is 3.91. The first-order valence-corrected chi connectivity index (χ1v) is 9.95. The number of carbonyl (C=O) groups excluding carboxylic acids is 2. The van der Waals surface area contributed by atoms with Crippen molar-refractivity contribution in [2.75, 3.05) is 20.2 Å². The Morgan fingerprint density at radius 1 is 1.15 bits per heavy atom. The number of nitrogens with two attached hydrogens (primary N) is 1. The minimum atomic E-state index is -3.49. The van der Waals surface area contributed by atoms with Crippen LogP contribution in [-0.2, 0) is 19.6 Å². The molecule has 1 aromatic rings. The van der Waals surface area contributed by atoms with E-state index in [-0.39, 0.29) is 10.9 Å². The molecule has 0 saturated heterocycles. The topological polar surface area (TPSA) is 109 Å². The monoisotopic (exact) mass is 386 g/mol. The number of nitrogens with zero attached hydrogens (tertiary/aromatic N) is 1. The Balaban J connectivity index is 2.82. The van der Waals surface area contributed by atoms with Crippen molar-refractivity contribution in [3.05, 3.63) is 29.8 Å². The third-order valence-corrected chi connectivity index (χ3v) is 6.21. The first kappa shape index (κ1) is 22.1. The molecule has 8 nitrogen and oxygen atoms in total. The van der Waals surface area contributed by atoms with Gasteiger partial charge < -0.3 is 10.1 Å². The highest BCUT2D eigenvalue weighted by Crippen LogP contribution is 2.18. The lowest BCUT2D eigenvalue weighted by Crippen LogP contribution is -2.92. The lowest BCUT2D eigenvalue weighted by molar-refractivity contribution is -0.710. The molecule has 2 atom stereocenters. The maximum Gasteiger partial charge on any atom is 0.413 e. The average Bonchev–Trinajstić information content (AvgIpc) is 2.62. The van der Waals surface area contributed by atoms with Crippen molar-refractivity contribution in [2.45, 2.75) is 44.7 Å². The van der Waals surface area contributed by atoms with E-state index in [9.17, 15) is 18.0 Å². The number of carbonyl (C=O) groups is 2. The number of benzene rings is 1. The zero-order valence-corrected chi connectivity index (χ0v) is 16.7. The molecule has 0 bridgehead atoms. The molecule has 0 radical (unpaired) electrons. The second-order valence-corrected chi connectivity index (χ2v) is 7.85. The van der Waals surface area contributed by atoms with Gasteiger partial charge in [0.2, 0.25) is 10.0 Å². The highest BCUT2D eigenvalue weighted by Gasteiger charge is 2.24. The van der Waals surface area contributed by atoms with Crippen LogP contribution in [0.4, 0.5) is 4.79 Å². The molecule has 0 spiro atoms. The molecule has 0 aliphatic heterocycles. The van der Waals surface area contributed by atoms with Crippen LogP contribution >= 0.6 is 0 Å². The molecule has 9 heteroatoms. The van der Waals surface area contributed by atoms with Crippen molar-refractivity contribution in [1.82, 2.24) is 9.62 Å². The van der Waals surface area contributed by atoms with Crippen LogP contribution < -0.4 is 10.6 Å². The molecule has 3 N–H and O–H groups in total. The summed E-state index contributed by atoms with van der Waals surface area (Å²) in [7, 11) is -2.30. The fourth-order valence-electron chi connectivity index (χ4n) is 2.55. The molecule has 0 unspecified atom stereocenters. The summed E-state index contributed by atoms with van der Waals surface area (Å²) in [4.78, 5) is 23.2. The van der Waals surface area contributed by atoms with Crippen molar-refractivity contribution >= 4 is 22.0 Å². The standard InChI is InChI=1S/C17H27N3O5S/c1-6-20(7-2)26(23,24)15-10-8-14(9-11-15)12(3)18-13(4)16(21)19-17(22)25-5/h8-13,18H,6-7H2,1-5H3,(H,19,21,22)/p+1/t12-,13+/m1/s1. The fraction of sp³-hybridized carbons (Fsp3) is 0.529. The molecule has 0 fully saturated rings. The van der Waals surface area contributed by atoms with Gasteiger partial charge in [0.15, 0.2) is 6.04 Å². The number of alkyl carbamates (subject to hydrolysis) is 1. The second kappa shape index (κ2) is 9.65. The summed E-state index contributed by atoms with van der Waals surface area (Å²) < 4.78 is 30.8. The van der Waals surface area contributed by atoms with Gasteiger partial charge in [-0.15, -0.1) is 0 Å². The van der Waals surface area contributed by atoms with Gasteiger partial charge in [-0.25, -0.2) is 13.2 Å². The van der Waals surface area contributed by atoms with E-state index < -0.39 is 28.1 Å². The Kier molecular flexibility index (Phi) is 8.19. The first-order valence-electron chi connectivity index (χ1n) is 8.51. The maximum absolute atomic E-state index is 12.5. The van der Waals surface area contributed by atoms with E-state index in [0.29, 0.717) is 13.1 Å². The summed E-state index contributed by atoms with van der Waals surface area (Å²) in [6.45, 7) is 8.00. The van der Waals surface area contributed by atoms with E-state index in [1.165, 1.54) is 11.4 Å². The number of nitrogens with one attached hydrogen (secondary N) is 1. The summed E-state index contributed by atoms with van der Waals surface area (Å²) >= 11 is 0. The van der Waals surface area contributed by atoms with Gasteiger partial charge in [-0.2, -0.15) is 4.31 Å². The largest absolute Gasteiger partial charge is 0.453 e. The zero-order valence-electron chi connectivity index (χ0n) is 15.9. The average molecular weight is 386 g/mol. The number of amides is 2. The molecule has 2 amide bonds. The fourth-order valence-corrected chi connectivity index (χ4v) is 4.01. The van der Waals surface area contributed by atoms with Gasteiger partial charge >= 0.3 is 6.09 Å². The highest BCUT2D eigenvalue weighted by atomic mass is 32.2. The number of hydrogen-bond acceptors (Lipinski definition) is 5. The first-order chi connectivity index (χ1) is 12.2. The third-order valence-electron chi connectivity index (χ3n) is 4.15. The van der Waals surface area contributed by atoms with Gasteiger partial charge in [0.05, 0.1) is 12.0 Å². The van der Waals surface area contributed by atoms with Crippen LogP contribution in [0, 0.1) is 0 Å². The van der Waals surface area contributed by atoms with E-state index in [1.54, 1.807) is 50.4 Å². The number of methoxy groups -OCH3 is 1. The van der Waals surface area contributed by atoms with Crippen LogP contribution in [0.25, 0.3) is 0 Å². The van der Waals surface area contributed by atoms with Crippen LogP contribution in [0.3, 0.4) is 0 Å². The summed E-state index contributed by atoms with van der Waals surface area (Å²) in [6, 6.07) is 6.02. The van der Waals surface area contributed by atoms with Gasteiger partial charge in [-0.05, 0) is 26.0 Å². The Labute approximate surface area is 155 Å². The van der Waals surface area contributed by atoms with Crippen LogP contribution in [0.5, 0.6) is 0 Å². The van der Waals surface area contributed by atoms with E-state index in [2.05, 4.69) is 10.1 Å². The lowest BCUT2D eigenvalue weighted by Gasteiger charge is -2.19. The van der Waals surface area contributed by atoms with E-state index in [1.807, 2.05) is 6.92 Å². The number of hydrogen-bond donors (Lipinski definition) is 2. The lowest BCUT2D eigenvalue weighted by atomic mass is 10.1. The minimum Gasteiger partial charge on any atom is -0.453 e. The SMILES string of the molecule is CCN(CC)S(=O)(=O)c1ccc([C@@H](C)[NH2+][C@@H](C)C(=O)NC(=O)OC)cc1. The Bertz CT molecular complexity index is 714. The third kappa shape index (κ3) is 5.52. The van der Waals surface area contributed by atoms with Crippen molar-refractivity contribution < 1.29 is 28.1 Å². The number of ether oxygens (including phenoxy) is 1. The molecule has 0 aliphatic rings. The maximum atomic E-state index is 12.5. The summed E-state index contributed by atoms with van der Waals surface area (Å²) in [6.07, 6.45) is -0.797. The Morgan fingerprint density at radius 3 is 2.15 bits per heavy atom. The van der Waals surface area contributed by atoms with E-state index in [0.717, 1.165) is 5.56 Å². The molecule has 0 aliphatic carbocycles. The van der Waals surface area contributed by atoms with E-state index in [4.69, 9.17) is 0 Å². The summed E-state index contributed by atoms with van der Waals surface area (Å²) in [5.41, 5.74) is 0.876. The molecular weight excluding hydrogens is 358 g/mol. The molecule has 146 valence electrons. The van der Waals surface area contributed by atoms with Gasteiger partial charge in [0.25, 0.3) is 5.91 Å². The van der Waals surface area contributed by atoms with Crippen molar-refractivity contribution in [2.24, 2.45) is 0 Å². The van der Waals surface area contributed by atoms with E-state index >= 15 is 0 Å². The number of rotatable bonds is 8. The minimum absolute atomic E-state index is 0.0985. The normalized spacial score (nSPS) is 13.9. The van der Waals surface area contributed by atoms with Gasteiger partial charge in [-0.1, -0.05) is 26.0 Å². The molecule has 1 aromatic carbocycles. The molecular formula is C17H28N3O5S+. The smallest absolute Gasteiger partial charge is 0.413 e. The van der Waals surface area contributed by atoms with Gasteiger partial charge in [0, 0.05) is 18.7 Å². The quantitative estimate of drug-likeness (QED) is 0.680.